The molecule has 7 heteroatoms. The molecule has 0 amide bonds. The number of carbonyl (C=O) groups excluding carboxylic acids is 1. The van der Waals surface area contributed by atoms with Crippen LogP contribution in [0.3, 0.4) is 0 Å². The Labute approximate surface area is 144 Å². The third-order valence-electron chi connectivity index (χ3n) is 3.71. The normalized spacial score (nSPS) is 11.7. The predicted octanol–water partition coefficient (Wildman–Crippen LogP) is 3.70. The molecule has 25 heavy (non-hydrogen) atoms. The van der Waals surface area contributed by atoms with Crippen LogP contribution in [-0.4, -0.2) is 40.6 Å². The Hall–Kier alpha value is -2.96. The van der Waals surface area contributed by atoms with E-state index in [1.807, 2.05) is 0 Å². The van der Waals surface area contributed by atoms with Crippen molar-refractivity contribution < 1.29 is 24.1 Å². The van der Waals surface area contributed by atoms with Gasteiger partial charge in [0.15, 0.2) is 11.5 Å². The highest BCUT2D eigenvalue weighted by Crippen LogP contribution is 2.38. The number of carbonyl (C=O) groups is 1. The van der Waals surface area contributed by atoms with Crippen molar-refractivity contribution >= 4 is 27.9 Å². The van der Waals surface area contributed by atoms with Crippen LogP contribution in [0.4, 0.5) is 4.79 Å². The van der Waals surface area contributed by atoms with E-state index in [0.717, 1.165) is 5.39 Å². The number of hydrogen-bond donors (Lipinski definition) is 1. The first-order valence-corrected chi connectivity index (χ1v) is 7.73. The van der Waals surface area contributed by atoms with Gasteiger partial charge < -0.3 is 19.3 Å². The molecular weight excluding hydrogens is 324 g/mol. The van der Waals surface area contributed by atoms with Crippen LogP contribution in [0.1, 0.15) is 20.8 Å². The summed E-state index contributed by atoms with van der Waals surface area (Å²) >= 11 is 0. The quantitative estimate of drug-likeness (QED) is 0.763. The Kier molecular flexibility index (Phi) is 3.94. The molecule has 0 unspecified atom stereocenters. The van der Waals surface area contributed by atoms with Gasteiger partial charge in [0.2, 0.25) is 5.88 Å². The number of hydrogen-bond acceptors (Lipinski definition) is 6. The summed E-state index contributed by atoms with van der Waals surface area (Å²) in [5.41, 5.74) is 0.410. The lowest BCUT2D eigenvalue weighted by atomic mass is 10.2. The largest absolute Gasteiger partial charge is 0.504 e. The number of rotatable bonds is 2. The Balaban J connectivity index is 2.37. The fourth-order valence-corrected chi connectivity index (χ4v) is 2.69. The lowest BCUT2D eigenvalue weighted by Crippen LogP contribution is -2.27. The maximum atomic E-state index is 12.8. The molecule has 1 N–H and O–H groups in total. The second-order valence-electron chi connectivity index (χ2n) is 6.60. The maximum absolute atomic E-state index is 12.8. The fourth-order valence-electron chi connectivity index (χ4n) is 2.69. The van der Waals surface area contributed by atoms with Gasteiger partial charge >= 0.3 is 6.09 Å². The fraction of sp³-hybridized carbons (Fsp3) is 0.333. The van der Waals surface area contributed by atoms with Gasteiger partial charge in [0, 0.05) is 29.1 Å². The van der Waals surface area contributed by atoms with E-state index in [1.54, 1.807) is 39.1 Å². The summed E-state index contributed by atoms with van der Waals surface area (Å²) < 4.78 is 17.3. The van der Waals surface area contributed by atoms with E-state index in [-0.39, 0.29) is 5.75 Å². The van der Waals surface area contributed by atoms with E-state index < -0.39 is 11.7 Å². The van der Waals surface area contributed by atoms with Crippen LogP contribution in [0.5, 0.6) is 17.4 Å². The SMILES string of the molecule is COc1cc2c(cn1)c1cc(OC)c(O)cc1n2C(=O)OC(C)(C)C. The Morgan fingerprint density at radius 3 is 2.36 bits per heavy atom. The number of methoxy groups -OCH3 is 2. The summed E-state index contributed by atoms with van der Waals surface area (Å²) in [6.07, 6.45) is 1.07. The minimum atomic E-state index is -0.661. The Morgan fingerprint density at radius 1 is 1.08 bits per heavy atom. The number of phenols is 1. The summed E-state index contributed by atoms with van der Waals surface area (Å²) in [7, 11) is 2.97. The molecule has 0 bridgehead atoms. The van der Waals surface area contributed by atoms with Gasteiger partial charge in [-0.15, -0.1) is 0 Å². The highest BCUT2D eigenvalue weighted by molar-refractivity contribution is 6.13. The molecule has 0 aliphatic rings. The van der Waals surface area contributed by atoms with E-state index in [2.05, 4.69) is 4.98 Å². The zero-order valence-corrected chi connectivity index (χ0v) is 14.8. The highest BCUT2D eigenvalue weighted by atomic mass is 16.6. The zero-order chi connectivity index (χ0) is 18.4. The second kappa shape index (κ2) is 5.84. The summed E-state index contributed by atoms with van der Waals surface area (Å²) in [4.78, 5) is 17.0. The Bertz CT molecular complexity index is 969. The van der Waals surface area contributed by atoms with Gasteiger partial charge in [-0.25, -0.2) is 14.3 Å². The highest BCUT2D eigenvalue weighted by Gasteiger charge is 2.24. The van der Waals surface area contributed by atoms with Crippen LogP contribution >= 0.6 is 0 Å². The third kappa shape index (κ3) is 2.93. The molecule has 0 aliphatic carbocycles. The number of aromatic hydroxyl groups is 1. The Morgan fingerprint density at radius 2 is 1.76 bits per heavy atom. The standard InChI is InChI=1S/C18H20N2O5/c1-18(2,3)25-17(22)20-12-7-14(21)15(23-4)6-10(12)11-9-19-16(24-5)8-13(11)20/h6-9,21H,1-5H3. The molecule has 0 atom stereocenters. The second-order valence-corrected chi connectivity index (χ2v) is 6.60. The topological polar surface area (TPSA) is 82.8 Å². The first-order chi connectivity index (χ1) is 11.7. The molecule has 0 radical (unpaired) electrons. The number of phenolic OH excluding ortho intramolecular Hbond substituents is 1. The van der Waals surface area contributed by atoms with Gasteiger partial charge in [-0.1, -0.05) is 0 Å². The van der Waals surface area contributed by atoms with E-state index >= 15 is 0 Å². The number of fused-ring (bicyclic) bond motifs is 3. The van der Waals surface area contributed by atoms with Crippen LogP contribution in [0, 0.1) is 0 Å². The number of ether oxygens (including phenoxy) is 3. The van der Waals surface area contributed by atoms with Crippen molar-refractivity contribution in [3.8, 4) is 17.4 Å². The molecule has 132 valence electrons. The van der Waals surface area contributed by atoms with Crippen LogP contribution < -0.4 is 9.47 Å². The first-order valence-electron chi connectivity index (χ1n) is 7.73. The molecule has 3 aromatic rings. The number of pyridine rings is 1. The first kappa shape index (κ1) is 16.9. The molecule has 1 aromatic carbocycles. The van der Waals surface area contributed by atoms with Crippen molar-refractivity contribution in [2.75, 3.05) is 14.2 Å². The van der Waals surface area contributed by atoms with E-state index in [4.69, 9.17) is 14.2 Å². The summed E-state index contributed by atoms with van der Waals surface area (Å²) in [6.45, 7) is 5.38. The summed E-state index contributed by atoms with van der Waals surface area (Å²) in [5, 5.41) is 11.6. The average molecular weight is 344 g/mol. The molecule has 2 aromatic heterocycles. The number of nitrogens with zero attached hydrogens (tertiary/aromatic N) is 2. The average Bonchev–Trinajstić information content (AvgIpc) is 2.84. The number of aromatic nitrogens is 2. The van der Waals surface area contributed by atoms with Gasteiger partial charge in [-0.05, 0) is 26.8 Å². The molecular formula is C18H20N2O5. The minimum Gasteiger partial charge on any atom is -0.504 e. The molecule has 0 aliphatic heterocycles. The molecule has 0 saturated carbocycles. The zero-order valence-electron chi connectivity index (χ0n) is 14.8. The minimum absolute atomic E-state index is 0.0671. The smallest absolute Gasteiger partial charge is 0.419 e. The van der Waals surface area contributed by atoms with Crippen molar-refractivity contribution in [1.82, 2.24) is 9.55 Å². The number of benzene rings is 1. The predicted molar refractivity (Wildman–Crippen MR) is 93.6 cm³/mol. The van der Waals surface area contributed by atoms with Gasteiger partial charge in [0.1, 0.15) is 5.60 Å². The van der Waals surface area contributed by atoms with Crippen LogP contribution in [0.2, 0.25) is 0 Å². The molecule has 7 nitrogen and oxygen atoms in total. The molecule has 0 spiro atoms. The molecule has 3 rings (SSSR count). The van der Waals surface area contributed by atoms with E-state index in [1.165, 1.54) is 24.9 Å². The monoisotopic (exact) mass is 344 g/mol. The maximum Gasteiger partial charge on any atom is 0.419 e. The lowest BCUT2D eigenvalue weighted by Gasteiger charge is -2.20. The van der Waals surface area contributed by atoms with Gasteiger partial charge in [0.05, 0.1) is 25.3 Å². The van der Waals surface area contributed by atoms with Crippen molar-refractivity contribution in [1.29, 1.82) is 0 Å². The molecule has 2 heterocycles. The third-order valence-corrected chi connectivity index (χ3v) is 3.71. The lowest BCUT2D eigenvalue weighted by molar-refractivity contribution is 0.0551. The van der Waals surface area contributed by atoms with Gasteiger partial charge in [-0.3, -0.25) is 0 Å². The van der Waals surface area contributed by atoms with E-state index in [9.17, 15) is 9.90 Å². The summed E-state index contributed by atoms with van der Waals surface area (Å²) in [6, 6.07) is 4.80. The van der Waals surface area contributed by atoms with Crippen LogP contribution in [0.25, 0.3) is 21.8 Å². The van der Waals surface area contributed by atoms with Gasteiger partial charge in [-0.2, -0.15) is 0 Å². The van der Waals surface area contributed by atoms with E-state index in [0.29, 0.717) is 28.0 Å². The van der Waals surface area contributed by atoms with Crippen LogP contribution in [-0.2, 0) is 4.74 Å². The van der Waals surface area contributed by atoms with Gasteiger partial charge in [0.25, 0.3) is 0 Å². The molecule has 0 saturated heterocycles. The van der Waals surface area contributed by atoms with Crippen molar-refractivity contribution in [2.45, 2.75) is 26.4 Å². The van der Waals surface area contributed by atoms with Crippen molar-refractivity contribution in [2.24, 2.45) is 0 Å². The summed E-state index contributed by atoms with van der Waals surface area (Å²) in [5.74, 6) is 0.616. The molecule has 0 fully saturated rings. The van der Waals surface area contributed by atoms with Crippen molar-refractivity contribution in [3.63, 3.8) is 0 Å². The van der Waals surface area contributed by atoms with Crippen LogP contribution in [0.15, 0.2) is 24.4 Å². The van der Waals surface area contributed by atoms with Crippen molar-refractivity contribution in [3.05, 3.63) is 24.4 Å².